The van der Waals surface area contributed by atoms with E-state index in [4.69, 9.17) is 0 Å². The molecule has 0 aliphatic heterocycles. The van der Waals surface area contributed by atoms with Crippen molar-refractivity contribution in [2.75, 3.05) is 0 Å². The highest BCUT2D eigenvalue weighted by Gasteiger charge is 2.57. The van der Waals surface area contributed by atoms with Gasteiger partial charge in [0.15, 0.2) is 0 Å². The predicted molar refractivity (Wildman–Crippen MR) is 55.4 cm³/mol. The van der Waals surface area contributed by atoms with Crippen LogP contribution in [0.2, 0.25) is 0 Å². The molecule has 2 bridgehead atoms. The van der Waals surface area contributed by atoms with Gasteiger partial charge in [0.05, 0.1) is 0 Å². The fraction of sp³-hybridized carbons (Fsp3) is 1.00. The van der Waals surface area contributed by atoms with E-state index in [9.17, 15) is 0 Å². The van der Waals surface area contributed by atoms with Crippen molar-refractivity contribution in [3.05, 3.63) is 0 Å². The lowest BCUT2D eigenvalue weighted by Crippen LogP contribution is -2.32. The van der Waals surface area contributed by atoms with Crippen molar-refractivity contribution in [3.8, 4) is 0 Å². The molecular formula is C13H22. The van der Waals surface area contributed by atoms with Crippen molar-refractivity contribution in [1.29, 1.82) is 0 Å². The molecule has 0 aromatic carbocycles. The Kier molecular flexibility index (Phi) is 1.61. The van der Waals surface area contributed by atoms with Gasteiger partial charge in [0, 0.05) is 0 Å². The molecule has 74 valence electrons. The summed E-state index contributed by atoms with van der Waals surface area (Å²) in [7, 11) is 0. The maximum Gasteiger partial charge on any atom is -0.0295 e. The van der Waals surface area contributed by atoms with E-state index in [1.54, 1.807) is 32.1 Å². The lowest BCUT2D eigenvalue weighted by Gasteiger charge is -2.39. The lowest BCUT2D eigenvalue weighted by atomic mass is 9.65. The number of hydrogen-bond acceptors (Lipinski definition) is 0. The van der Waals surface area contributed by atoms with E-state index in [1.165, 1.54) is 12.3 Å². The fourth-order valence-electron chi connectivity index (χ4n) is 4.97. The van der Waals surface area contributed by atoms with Crippen molar-refractivity contribution < 1.29 is 0 Å². The van der Waals surface area contributed by atoms with Crippen LogP contribution in [0.1, 0.15) is 52.4 Å². The Balaban J connectivity index is 1.89. The summed E-state index contributed by atoms with van der Waals surface area (Å²) in [5.41, 5.74) is 0.746. The van der Waals surface area contributed by atoms with Crippen LogP contribution in [0.5, 0.6) is 0 Å². The third-order valence-corrected chi connectivity index (χ3v) is 5.74. The van der Waals surface area contributed by atoms with Gasteiger partial charge in [0.25, 0.3) is 0 Å². The Hall–Kier alpha value is 0. The minimum absolute atomic E-state index is 0.746. The minimum Gasteiger partial charge on any atom is -0.0649 e. The summed E-state index contributed by atoms with van der Waals surface area (Å²) in [6, 6.07) is 0. The van der Waals surface area contributed by atoms with Crippen molar-refractivity contribution in [2.45, 2.75) is 52.4 Å². The van der Waals surface area contributed by atoms with Crippen LogP contribution < -0.4 is 0 Å². The van der Waals surface area contributed by atoms with Crippen LogP contribution in [0.3, 0.4) is 0 Å². The molecule has 0 nitrogen and oxygen atoms in total. The van der Waals surface area contributed by atoms with Gasteiger partial charge in [-0.3, -0.25) is 0 Å². The molecule has 3 aliphatic rings. The lowest BCUT2D eigenvalue weighted by molar-refractivity contribution is 0.0956. The number of rotatable bonds is 1. The van der Waals surface area contributed by atoms with Gasteiger partial charge in [-0.15, -0.1) is 0 Å². The molecule has 3 saturated carbocycles. The molecule has 13 heavy (non-hydrogen) atoms. The van der Waals surface area contributed by atoms with E-state index in [-0.39, 0.29) is 0 Å². The summed E-state index contributed by atoms with van der Waals surface area (Å²) in [5, 5.41) is 0. The van der Waals surface area contributed by atoms with Gasteiger partial charge >= 0.3 is 0 Å². The summed E-state index contributed by atoms with van der Waals surface area (Å²) >= 11 is 0. The smallest absolute Gasteiger partial charge is 0.0295 e. The molecule has 0 heteroatoms. The quantitative estimate of drug-likeness (QED) is 0.572. The second-order valence-corrected chi connectivity index (χ2v) is 6.07. The van der Waals surface area contributed by atoms with Crippen molar-refractivity contribution >= 4 is 0 Å². The van der Waals surface area contributed by atoms with E-state index in [0.717, 1.165) is 23.2 Å². The zero-order valence-electron chi connectivity index (χ0n) is 9.05. The number of hydrogen-bond donors (Lipinski definition) is 0. The Bertz CT molecular complexity index is 220. The van der Waals surface area contributed by atoms with Crippen LogP contribution in [0.4, 0.5) is 0 Å². The van der Waals surface area contributed by atoms with Gasteiger partial charge in [-0.25, -0.2) is 0 Å². The monoisotopic (exact) mass is 178 g/mol. The van der Waals surface area contributed by atoms with Gasteiger partial charge in [-0.2, -0.15) is 0 Å². The van der Waals surface area contributed by atoms with E-state index in [2.05, 4.69) is 13.8 Å². The van der Waals surface area contributed by atoms with Crippen LogP contribution in [0, 0.1) is 29.1 Å². The van der Waals surface area contributed by atoms with Gasteiger partial charge in [0.2, 0.25) is 0 Å². The minimum atomic E-state index is 0.746. The van der Waals surface area contributed by atoms with Crippen molar-refractivity contribution in [3.63, 3.8) is 0 Å². The van der Waals surface area contributed by atoms with Gasteiger partial charge in [-0.1, -0.05) is 26.7 Å². The molecule has 0 aromatic heterocycles. The van der Waals surface area contributed by atoms with E-state index in [1.807, 2.05) is 0 Å². The summed E-state index contributed by atoms with van der Waals surface area (Å²) < 4.78 is 0. The zero-order valence-corrected chi connectivity index (χ0v) is 9.05. The molecule has 5 atom stereocenters. The SMILES string of the molecule is CCC1(C)CC2CC1C1CCCC21. The third-order valence-electron chi connectivity index (χ3n) is 5.74. The Labute approximate surface area is 82.1 Å². The summed E-state index contributed by atoms with van der Waals surface area (Å²) in [5.74, 6) is 4.59. The molecule has 0 spiro atoms. The third kappa shape index (κ3) is 0.926. The topological polar surface area (TPSA) is 0 Å². The van der Waals surface area contributed by atoms with Gasteiger partial charge in [-0.05, 0) is 54.8 Å². The summed E-state index contributed by atoms with van der Waals surface area (Å²) in [4.78, 5) is 0. The summed E-state index contributed by atoms with van der Waals surface area (Å²) in [6.07, 6.45) is 9.28. The Morgan fingerprint density at radius 1 is 1.23 bits per heavy atom. The second kappa shape index (κ2) is 2.52. The van der Waals surface area contributed by atoms with E-state index >= 15 is 0 Å². The molecule has 5 unspecified atom stereocenters. The largest absolute Gasteiger partial charge is 0.0649 e. The second-order valence-electron chi connectivity index (χ2n) is 6.07. The fourth-order valence-corrected chi connectivity index (χ4v) is 4.97. The van der Waals surface area contributed by atoms with Crippen molar-refractivity contribution in [1.82, 2.24) is 0 Å². The molecule has 0 heterocycles. The molecule has 0 aromatic rings. The first-order chi connectivity index (χ1) is 6.24. The molecule has 0 amide bonds. The van der Waals surface area contributed by atoms with Crippen LogP contribution >= 0.6 is 0 Å². The van der Waals surface area contributed by atoms with Crippen LogP contribution in [0.15, 0.2) is 0 Å². The first-order valence-corrected chi connectivity index (χ1v) is 6.24. The number of fused-ring (bicyclic) bond motifs is 5. The van der Waals surface area contributed by atoms with Crippen LogP contribution in [0.25, 0.3) is 0 Å². The Morgan fingerprint density at radius 2 is 2.00 bits per heavy atom. The van der Waals surface area contributed by atoms with E-state index in [0.29, 0.717) is 0 Å². The summed E-state index contributed by atoms with van der Waals surface area (Å²) in [6.45, 7) is 4.97. The van der Waals surface area contributed by atoms with Gasteiger partial charge in [0.1, 0.15) is 0 Å². The predicted octanol–water partition coefficient (Wildman–Crippen LogP) is 3.86. The molecule has 3 aliphatic carbocycles. The van der Waals surface area contributed by atoms with Crippen molar-refractivity contribution in [2.24, 2.45) is 29.1 Å². The maximum absolute atomic E-state index is 2.56. The van der Waals surface area contributed by atoms with Gasteiger partial charge < -0.3 is 0 Å². The highest BCUT2D eigenvalue weighted by atomic mass is 14.6. The Morgan fingerprint density at radius 3 is 2.77 bits per heavy atom. The first kappa shape index (κ1) is 8.32. The normalized spacial score (nSPS) is 58.6. The standard InChI is InChI=1S/C13H22/c1-3-13(2)8-9-7-12(13)11-6-4-5-10(9)11/h9-12H,3-8H2,1-2H3. The van der Waals surface area contributed by atoms with E-state index < -0.39 is 0 Å². The molecule has 0 radical (unpaired) electrons. The van der Waals surface area contributed by atoms with Crippen LogP contribution in [-0.2, 0) is 0 Å². The highest BCUT2D eigenvalue weighted by Crippen LogP contribution is 2.66. The molecule has 0 N–H and O–H groups in total. The molecular weight excluding hydrogens is 156 g/mol. The first-order valence-electron chi connectivity index (χ1n) is 6.24. The molecule has 3 rings (SSSR count). The average Bonchev–Trinajstić information content (AvgIpc) is 2.72. The van der Waals surface area contributed by atoms with Crippen LogP contribution in [-0.4, -0.2) is 0 Å². The molecule has 0 saturated heterocycles. The average molecular weight is 178 g/mol. The highest BCUT2D eigenvalue weighted by molar-refractivity contribution is 5.07. The zero-order chi connectivity index (χ0) is 9.05. The molecule has 3 fully saturated rings. The maximum atomic E-state index is 2.56.